The Morgan fingerprint density at radius 3 is 2.28 bits per heavy atom. The van der Waals surface area contributed by atoms with Gasteiger partial charge in [0.1, 0.15) is 36.1 Å². The summed E-state index contributed by atoms with van der Waals surface area (Å²) >= 11 is 1.37. The molecule has 76 heavy (non-hydrogen) atoms. The summed E-state index contributed by atoms with van der Waals surface area (Å²) < 4.78 is 11.9. The third-order valence-corrected chi connectivity index (χ3v) is 18.6. The first-order valence-electron chi connectivity index (χ1n) is 26.4. The highest BCUT2D eigenvalue weighted by molar-refractivity contribution is 8.76. The Morgan fingerprint density at radius 1 is 0.947 bits per heavy atom. The molecule has 0 aliphatic carbocycles. The van der Waals surface area contributed by atoms with Gasteiger partial charge in [-0.3, -0.25) is 34.3 Å². The van der Waals surface area contributed by atoms with E-state index in [1.807, 2.05) is 96.1 Å². The van der Waals surface area contributed by atoms with E-state index in [0.717, 1.165) is 35.4 Å². The summed E-state index contributed by atoms with van der Waals surface area (Å²) in [6.07, 6.45) is 4.71. The van der Waals surface area contributed by atoms with Crippen LogP contribution in [0, 0.1) is 33.8 Å². The topological polar surface area (TPSA) is 217 Å². The molecule has 1 saturated heterocycles. The normalized spacial score (nSPS) is 20.2. The number of hydrogen-bond acceptors (Lipinski definition) is 15. The van der Waals surface area contributed by atoms with Crippen LogP contribution in [0.15, 0.2) is 82.8 Å². The number of likely N-dealkylation sites (N-methyl/N-ethyl adjacent to an activating group) is 1. The number of piperidine rings is 1. The summed E-state index contributed by atoms with van der Waals surface area (Å²) in [5.41, 5.74) is 2.61. The standard InChI is InChI=1S/C56H77N7O10S3/c1-11-36(4)46(29-50(66)49-19-15-16-26-63(49,10)32-42-20-22-43(23-21-42)59-56(69)72-33-38(6)75-76-45-24-25-52(57-31-45)62(70)71)55(68)61(9)48(35(2)3)30-51(73-40(8)65)54-60-47(34-74-54)53(67)58-44(27-37(5)39(7)64)28-41-17-13-12-14-18-41/h12-14,17-18,20-25,31,35-38,44,46-49,51H,11,15-16,19,26-30,32-34H2,1-10H3,(H-,58,59,67,69)/p+1/t36-,37+,38-,44-,46+,47?,48-,49-,51-,63?/m1/s1. The summed E-state index contributed by atoms with van der Waals surface area (Å²) in [5.74, 6) is -1.63. The second-order valence-corrected chi connectivity index (χ2v) is 24.8. The van der Waals surface area contributed by atoms with Crippen LogP contribution in [0.5, 0.6) is 0 Å². The number of quaternary nitrogens is 1. The van der Waals surface area contributed by atoms with Gasteiger partial charge in [0.2, 0.25) is 11.8 Å². The lowest BCUT2D eigenvalue weighted by atomic mass is 9.82. The third kappa shape index (κ3) is 18.4. The molecular formula is C56H78N7O10S3+. The van der Waals surface area contributed by atoms with Crippen LogP contribution in [-0.2, 0) is 46.4 Å². The quantitative estimate of drug-likeness (QED) is 0.0227. The molecule has 2 N–H and O–H groups in total. The molecule has 2 aliphatic rings. The number of ketones is 2. The van der Waals surface area contributed by atoms with Gasteiger partial charge in [-0.1, -0.05) is 105 Å². The number of amides is 3. The molecule has 3 heterocycles. The number of hydrogen-bond donors (Lipinski definition) is 2. The van der Waals surface area contributed by atoms with Gasteiger partial charge in [-0.05, 0) is 85.0 Å². The number of nitrogens with zero attached hydrogens (tertiary/aromatic N) is 5. The van der Waals surface area contributed by atoms with Crippen LogP contribution in [0.4, 0.5) is 16.3 Å². The molecule has 17 nitrogen and oxygen atoms in total. The zero-order chi connectivity index (χ0) is 55.7. The molecule has 1 fully saturated rings. The van der Waals surface area contributed by atoms with E-state index in [1.54, 1.807) is 24.9 Å². The summed E-state index contributed by atoms with van der Waals surface area (Å²) in [6.45, 7) is 16.3. The lowest BCUT2D eigenvalue weighted by Crippen LogP contribution is -2.58. The number of nitro groups is 1. The molecule has 2 aromatic carbocycles. The van der Waals surface area contributed by atoms with Crippen molar-refractivity contribution in [1.82, 2.24) is 15.2 Å². The molecule has 0 spiro atoms. The van der Waals surface area contributed by atoms with Crippen molar-refractivity contribution in [3.8, 4) is 0 Å². The first-order valence-corrected chi connectivity index (χ1v) is 29.6. The fourth-order valence-corrected chi connectivity index (χ4v) is 12.9. The maximum atomic E-state index is 14.9. The Morgan fingerprint density at radius 2 is 1.66 bits per heavy atom. The first kappa shape index (κ1) is 61.5. The van der Waals surface area contributed by atoms with Gasteiger partial charge in [-0.2, -0.15) is 0 Å². The highest BCUT2D eigenvalue weighted by Gasteiger charge is 2.44. The van der Waals surface area contributed by atoms with Crippen molar-refractivity contribution >= 4 is 85.3 Å². The molecule has 1 aromatic heterocycles. The summed E-state index contributed by atoms with van der Waals surface area (Å²) in [7, 11) is 6.74. The second-order valence-electron chi connectivity index (χ2n) is 21.1. The molecule has 10 atom stereocenters. The number of anilines is 1. The van der Waals surface area contributed by atoms with Crippen LogP contribution < -0.4 is 10.6 Å². The van der Waals surface area contributed by atoms with Gasteiger partial charge < -0.3 is 34.3 Å². The summed E-state index contributed by atoms with van der Waals surface area (Å²) in [4.78, 5) is 102. The number of likely N-dealkylation sites (tertiary alicyclic amines) is 1. The number of rotatable bonds is 28. The zero-order valence-corrected chi connectivity index (χ0v) is 48.2. The van der Waals surface area contributed by atoms with Gasteiger partial charge >= 0.3 is 17.9 Å². The second kappa shape index (κ2) is 29.4. The highest BCUT2D eigenvalue weighted by Crippen LogP contribution is 2.36. The van der Waals surface area contributed by atoms with Gasteiger partial charge in [0.05, 0.1) is 18.5 Å². The van der Waals surface area contributed by atoms with Crippen molar-refractivity contribution in [1.29, 1.82) is 0 Å². The van der Waals surface area contributed by atoms with Crippen molar-refractivity contribution in [2.45, 2.75) is 154 Å². The molecule has 3 aromatic rings. The van der Waals surface area contributed by atoms with E-state index < -0.39 is 41.1 Å². The number of esters is 1. The van der Waals surface area contributed by atoms with Crippen molar-refractivity contribution in [2.24, 2.45) is 28.7 Å². The Kier molecular flexibility index (Phi) is 23.8. The molecule has 0 bridgehead atoms. The predicted octanol–water partition coefficient (Wildman–Crippen LogP) is 10.1. The van der Waals surface area contributed by atoms with Crippen LogP contribution in [0.25, 0.3) is 0 Å². The third-order valence-electron chi connectivity index (χ3n) is 14.6. The first-order chi connectivity index (χ1) is 36.1. The molecular weight excluding hydrogens is 1030 g/mol. The van der Waals surface area contributed by atoms with E-state index in [-0.39, 0.29) is 83.7 Å². The van der Waals surface area contributed by atoms with E-state index >= 15 is 0 Å². The smallest absolute Gasteiger partial charge is 0.411 e. The number of aromatic nitrogens is 1. The van der Waals surface area contributed by atoms with Crippen molar-refractivity contribution in [2.75, 3.05) is 38.3 Å². The molecule has 20 heteroatoms. The van der Waals surface area contributed by atoms with E-state index in [2.05, 4.69) is 22.7 Å². The Bertz CT molecular complexity index is 2480. The van der Waals surface area contributed by atoms with E-state index in [1.165, 1.54) is 52.5 Å². The minimum Gasteiger partial charge on any atom is -0.455 e. The lowest BCUT2D eigenvalue weighted by Gasteiger charge is -2.44. The van der Waals surface area contributed by atoms with Gasteiger partial charge in [0.15, 0.2) is 18.1 Å². The number of nitrogens with one attached hydrogen (secondary N) is 2. The number of pyridine rings is 1. The Hall–Kier alpha value is -5.31. The molecule has 0 radical (unpaired) electrons. The van der Waals surface area contributed by atoms with Crippen LogP contribution in [0.3, 0.4) is 0 Å². The molecule has 3 amide bonds. The van der Waals surface area contributed by atoms with Crippen LogP contribution >= 0.6 is 33.3 Å². The number of carbonyl (C=O) groups is 6. The van der Waals surface area contributed by atoms with Gasteiger partial charge in [-0.15, -0.1) is 11.8 Å². The fraction of sp³-hybridized carbons (Fsp3) is 0.571. The Balaban J connectivity index is 1.21. The van der Waals surface area contributed by atoms with E-state index in [4.69, 9.17) is 14.5 Å². The highest BCUT2D eigenvalue weighted by atomic mass is 33.1. The number of Topliss-reactive ketones (excluding diaryl/α,β-unsaturated/α-hetero) is 2. The number of benzene rings is 2. The fourth-order valence-electron chi connectivity index (χ4n) is 9.90. The predicted molar refractivity (Wildman–Crippen MR) is 302 cm³/mol. The Labute approximate surface area is 460 Å². The molecule has 5 rings (SSSR count). The average molecular weight is 1110 g/mol. The molecule has 2 aliphatic heterocycles. The van der Waals surface area contributed by atoms with Crippen LogP contribution in [-0.4, -0.2) is 128 Å². The van der Waals surface area contributed by atoms with Crippen molar-refractivity contribution in [3.05, 3.63) is 94.2 Å². The SMILES string of the molecule is CC[C@@H](C)[C@H](CC(=O)[C@H]1CCCC[N+]1(C)Cc1ccc(NC(=O)OC[C@@H](C)SSc2ccc([N+](=O)[O-])nc2)cc1)C(=O)N(C)[C@H](C[C@@H](OC(C)=O)C1=NC(C(=O)N[C@@H](Cc2ccccc2)C[C@H](C)C(C)=O)CS1)C(C)C. The largest absolute Gasteiger partial charge is 0.455 e. The number of ether oxygens (including phenoxy) is 2. The number of thioether (sulfide) groups is 1. The summed E-state index contributed by atoms with van der Waals surface area (Å²) in [5, 5.41) is 17.3. The van der Waals surface area contributed by atoms with Gasteiger partial charge in [0, 0.05) is 85.5 Å². The maximum Gasteiger partial charge on any atom is 0.411 e. The van der Waals surface area contributed by atoms with E-state index in [9.17, 15) is 38.9 Å². The number of aliphatic imine (C=N–C) groups is 1. The van der Waals surface area contributed by atoms with Crippen molar-refractivity contribution in [3.63, 3.8) is 0 Å². The number of carbonyl (C=O) groups excluding carboxylic acids is 6. The molecule has 0 saturated carbocycles. The zero-order valence-electron chi connectivity index (χ0n) is 45.7. The van der Waals surface area contributed by atoms with E-state index in [0.29, 0.717) is 53.2 Å². The lowest BCUT2D eigenvalue weighted by molar-refractivity contribution is -0.941. The van der Waals surface area contributed by atoms with Crippen LogP contribution in [0.1, 0.15) is 111 Å². The van der Waals surface area contributed by atoms with Crippen molar-refractivity contribution < 1.29 is 47.6 Å². The monoisotopic (exact) mass is 1100 g/mol. The maximum absolute atomic E-state index is 14.9. The molecule has 2 unspecified atom stereocenters. The van der Waals surface area contributed by atoms with Gasteiger partial charge in [-0.25, -0.2) is 4.79 Å². The minimum atomic E-state index is -0.803. The molecule has 414 valence electrons. The average Bonchev–Trinajstić information content (AvgIpc) is 3.89. The van der Waals surface area contributed by atoms with Gasteiger partial charge in [0.25, 0.3) is 0 Å². The minimum absolute atomic E-state index is 0.0521. The summed E-state index contributed by atoms with van der Waals surface area (Å²) in [6, 6.07) is 18.6. The van der Waals surface area contributed by atoms with Crippen LogP contribution in [0.2, 0.25) is 0 Å².